The first kappa shape index (κ1) is 14.2. The van der Waals surface area contributed by atoms with Crippen molar-refractivity contribution in [1.29, 1.82) is 0 Å². The van der Waals surface area contributed by atoms with Gasteiger partial charge in [-0.3, -0.25) is 0 Å². The fourth-order valence-corrected chi connectivity index (χ4v) is 2.74. The lowest BCUT2D eigenvalue weighted by atomic mass is 10.1. The molecular formula is C13H18N4O4. The Hall–Kier alpha value is -1.74. The third-order valence-electron chi connectivity index (χ3n) is 3.78. The van der Waals surface area contributed by atoms with E-state index in [0.717, 1.165) is 5.69 Å². The van der Waals surface area contributed by atoms with E-state index in [4.69, 9.17) is 15.2 Å². The molecule has 0 radical (unpaired) electrons. The smallest absolute Gasteiger partial charge is 0.164 e. The van der Waals surface area contributed by atoms with Crippen LogP contribution >= 0.6 is 0 Å². The standard InChI is InChI=1S/C13H18N4O4/c1-6-3-7-11(14)15-5-16-12(7)17(6)13-10(19)9(18)8(21-13)4-20-2/h3,5,8-10,13,18-19H,4H2,1-2H3,(H2,14,15,16). The Morgan fingerprint density at radius 1 is 1.38 bits per heavy atom. The highest BCUT2D eigenvalue weighted by atomic mass is 16.6. The summed E-state index contributed by atoms with van der Waals surface area (Å²) in [6.07, 6.45) is -2.07. The normalized spacial score (nSPS) is 29.3. The van der Waals surface area contributed by atoms with Gasteiger partial charge < -0.3 is 30.0 Å². The number of nitrogens with zero attached hydrogens (tertiary/aromatic N) is 3. The highest BCUT2D eigenvalue weighted by Gasteiger charge is 2.44. The molecule has 1 aliphatic rings. The molecule has 21 heavy (non-hydrogen) atoms. The van der Waals surface area contributed by atoms with Crippen LogP contribution in [-0.4, -0.2) is 56.8 Å². The average molecular weight is 294 g/mol. The van der Waals surface area contributed by atoms with Gasteiger partial charge in [0.05, 0.1) is 12.0 Å². The van der Waals surface area contributed by atoms with Crippen molar-refractivity contribution in [3.8, 4) is 0 Å². The van der Waals surface area contributed by atoms with Crippen LogP contribution in [0.1, 0.15) is 11.9 Å². The number of rotatable bonds is 3. The van der Waals surface area contributed by atoms with E-state index in [1.165, 1.54) is 13.4 Å². The molecule has 8 nitrogen and oxygen atoms in total. The van der Waals surface area contributed by atoms with E-state index in [1.54, 1.807) is 4.57 Å². The predicted molar refractivity (Wildman–Crippen MR) is 74.5 cm³/mol. The first-order chi connectivity index (χ1) is 10.0. The second kappa shape index (κ2) is 5.23. The largest absolute Gasteiger partial charge is 0.387 e. The van der Waals surface area contributed by atoms with E-state index in [0.29, 0.717) is 16.9 Å². The molecule has 3 rings (SSSR count). The van der Waals surface area contributed by atoms with Crippen LogP contribution < -0.4 is 5.73 Å². The lowest BCUT2D eigenvalue weighted by molar-refractivity contribution is -0.0584. The van der Waals surface area contributed by atoms with E-state index >= 15 is 0 Å². The molecule has 3 heterocycles. The van der Waals surface area contributed by atoms with E-state index in [2.05, 4.69) is 9.97 Å². The van der Waals surface area contributed by atoms with E-state index in [9.17, 15) is 10.2 Å². The number of nitrogens with two attached hydrogens (primary N) is 1. The van der Waals surface area contributed by atoms with Crippen molar-refractivity contribution in [2.75, 3.05) is 19.5 Å². The van der Waals surface area contributed by atoms with Crippen molar-refractivity contribution in [1.82, 2.24) is 14.5 Å². The Morgan fingerprint density at radius 3 is 2.86 bits per heavy atom. The Kier molecular flexibility index (Phi) is 3.54. The van der Waals surface area contributed by atoms with Gasteiger partial charge in [0.2, 0.25) is 0 Å². The van der Waals surface area contributed by atoms with Crippen LogP contribution in [0.3, 0.4) is 0 Å². The number of anilines is 1. The third-order valence-corrected chi connectivity index (χ3v) is 3.78. The third kappa shape index (κ3) is 2.16. The van der Waals surface area contributed by atoms with Crippen molar-refractivity contribution in [2.45, 2.75) is 31.5 Å². The highest BCUT2D eigenvalue weighted by molar-refractivity contribution is 5.87. The van der Waals surface area contributed by atoms with Crippen LogP contribution in [0.2, 0.25) is 0 Å². The van der Waals surface area contributed by atoms with Gasteiger partial charge in [0, 0.05) is 12.8 Å². The summed E-state index contributed by atoms with van der Waals surface area (Å²) in [5, 5.41) is 21.0. The minimum Gasteiger partial charge on any atom is -0.387 e. The lowest BCUT2D eigenvalue weighted by Crippen LogP contribution is -2.33. The molecule has 0 aromatic carbocycles. The van der Waals surface area contributed by atoms with Crippen molar-refractivity contribution >= 4 is 16.9 Å². The van der Waals surface area contributed by atoms with Gasteiger partial charge in [-0.25, -0.2) is 9.97 Å². The molecule has 0 aliphatic carbocycles. The highest BCUT2D eigenvalue weighted by Crippen LogP contribution is 2.34. The van der Waals surface area contributed by atoms with Crippen molar-refractivity contribution in [3.05, 3.63) is 18.1 Å². The monoisotopic (exact) mass is 294 g/mol. The van der Waals surface area contributed by atoms with Crippen LogP contribution in [0, 0.1) is 6.92 Å². The quantitative estimate of drug-likeness (QED) is 0.704. The summed E-state index contributed by atoms with van der Waals surface area (Å²) in [5.41, 5.74) is 7.21. The second-order valence-corrected chi connectivity index (χ2v) is 5.15. The molecule has 1 aliphatic heterocycles. The molecule has 8 heteroatoms. The van der Waals surface area contributed by atoms with Gasteiger partial charge in [0.15, 0.2) is 6.23 Å². The minimum atomic E-state index is -1.07. The topological polar surface area (TPSA) is 116 Å². The summed E-state index contributed by atoms with van der Waals surface area (Å²) in [7, 11) is 1.51. The van der Waals surface area contributed by atoms with Crippen molar-refractivity contribution in [2.24, 2.45) is 0 Å². The molecular weight excluding hydrogens is 276 g/mol. The number of hydrogen-bond acceptors (Lipinski definition) is 7. The number of methoxy groups -OCH3 is 1. The summed E-state index contributed by atoms with van der Waals surface area (Å²) < 4.78 is 12.5. The zero-order valence-corrected chi connectivity index (χ0v) is 11.8. The molecule has 0 saturated carbocycles. The Labute approximate surface area is 121 Å². The van der Waals surface area contributed by atoms with Gasteiger partial charge >= 0.3 is 0 Å². The number of fused-ring (bicyclic) bond motifs is 1. The molecule has 0 amide bonds. The van der Waals surface area contributed by atoms with Crippen LogP contribution in [0.4, 0.5) is 5.82 Å². The number of ether oxygens (including phenoxy) is 2. The second-order valence-electron chi connectivity index (χ2n) is 5.15. The molecule has 0 spiro atoms. The Bertz CT molecular complexity index is 659. The summed E-state index contributed by atoms with van der Waals surface area (Å²) >= 11 is 0. The van der Waals surface area contributed by atoms with E-state index in [1.807, 2.05) is 13.0 Å². The van der Waals surface area contributed by atoms with Crippen molar-refractivity contribution in [3.63, 3.8) is 0 Å². The molecule has 1 fully saturated rings. The number of hydrogen-bond donors (Lipinski definition) is 3. The zero-order valence-electron chi connectivity index (χ0n) is 11.8. The van der Waals surface area contributed by atoms with Gasteiger partial charge in [-0.2, -0.15) is 0 Å². The van der Waals surface area contributed by atoms with Crippen LogP contribution in [0.25, 0.3) is 11.0 Å². The molecule has 4 unspecified atom stereocenters. The minimum absolute atomic E-state index is 0.199. The van der Waals surface area contributed by atoms with Crippen molar-refractivity contribution < 1.29 is 19.7 Å². The summed E-state index contributed by atoms with van der Waals surface area (Å²) in [4.78, 5) is 8.15. The summed E-state index contributed by atoms with van der Waals surface area (Å²) in [6, 6.07) is 1.83. The van der Waals surface area contributed by atoms with Crippen LogP contribution in [0.15, 0.2) is 12.4 Å². The zero-order chi connectivity index (χ0) is 15.1. The molecule has 4 N–H and O–H groups in total. The molecule has 114 valence electrons. The van der Waals surface area contributed by atoms with Gasteiger partial charge in [-0.1, -0.05) is 0 Å². The molecule has 2 aromatic heterocycles. The SMILES string of the molecule is COCC1OC(n2c(C)cc3c(N)ncnc32)C(O)C1O. The van der Waals surface area contributed by atoms with E-state index < -0.39 is 24.5 Å². The first-order valence-electron chi connectivity index (χ1n) is 6.63. The number of aliphatic hydroxyl groups excluding tert-OH is 2. The average Bonchev–Trinajstić information content (AvgIpc) is 2.92. The Balaban J connectivity index is 2.05. The van der Waals surface area contributed by atoms with Crippen LogP contribution in [-0.2, 0) is 9.47 Å². The van der Waals surface area contributed by atoms with Crippen LogP contribution in [0.5, 0.6) is 0 Å². The number of aromatic nitrogens is 3. The fourth-order valence-electron chi connectivity index (χ4n) is 2.74. The molecule has 0 bridgehead atoms. The first-order valence-corrected chi connectivity index (χ1v) is 6.63. The Morgan fingerprint density at radius 2 is 2.14 bits per heavy atom. The summed E-state index contributed by atoms with van der Waals surface area (Å²) in [5.74, 6) is 0.364. The maximum absolute atomic E-state index is 10.3. The van der Waals surface area contributed by atoms with Gasteiger partial charge in [-0.15, -0.1) is 0 Å². The van der Waals surface area contributed by atoms with E-state index in [-0.39, 0.29) is 6.61 Å². The van der Waals surface area contributed by atoms with Gasteiger partial charge in [0.25, 0.3) is 0 Å². The summed E-state index contributed by atoms with van der Waals surface area (Å²) in [6.45, 7) is 2.05. The maximum Gasteiger partial charge on any atom is 0.164 e. The number of nitrogen functional groups attached to an aromatic ring is 1. The molecule has 1 saturated heterocycles. The lowest BCUT2D eigenvalue weighted by Gasteiger charge is -2.19. The van der Waals surface area contributed by atoms with Gasteiger partial charge in [-0.05, 0) is 13.0 Å². The number of aliphatic hydroxyl groups is 2. The predicted octanol–water partition coefficient (Wildman–Crippen LogP) is -0.412. The fraction of sp³-hybridized carbons (Fsp3) is 0.538. The molecule has 4 atom stereocenters. The van der Waals surface area contributed by atoms with Gasteiger partial charge in [0.1, 0.15) is 36.1 Å². The maximum atomic E-state index is 10.3. The molecule has 2 aromatic rings. The number of aryl methyl sites for hydroxylation is 1.